The lowest BCUT2D eigenvalue weighted by atomic mass is 9.92. The van der Waals surface area contributed by atoms with Crippen LogP contribution >= 0.6 is 0 Å². The topological polar surface area (TPSA) is 50.4 Å². The Balaban J connectivity index is 2.68. The molecule has 1 aromatic rings. The normalized spacial score (nSPS) is 12.1. The maximum Gasteiger partial charge on any atom is 0.408 e. The van der Waals surface area contributed by atoms with Crippen LogP contribution in [0.2, 0.25) is 0 Å². The Morgan fingerprint density at radius 1 is 1.12 bits per heavy atom. The molecule has 0 aliphatic heterocycles. The van der Waals surface area contributed by atoms with E-state index < -0.39 is 5.60 Å². The smallest absolute Gasteiger partial charge is 0.408 e. The standard InChI is InChI=1S/C20H34N2O2/c1-8-20(9-2,22-18(23)24-19(5,6)7)14-21-13-17-12-15(3)10-11-16(17)4/h10-12,21H,8-9,13-14H2,1-7H3,(H,22,23). The average molecular weight is 335 g/mol. The third kappa shape index (κ3) is 6.52. The molecule has 4 nitrogen and oxygen atoms in total. The number of benzene rings is 1. The molecule has 136 valence electrons. The second-order valence-corrected chi connectivity index (χ2v) is 7.65. The monoisotopic (exact) mass is 334 g/mol. The highest BCUT2D eigenvalue weighted by molar-refractivity contribution is 5.68. The van der Waals surface area contributed by atoms with E-state index in [-0.39, 0.29) is 11.6 Å². The molecular weight excluding hydrogens is 300 g/mol. The second-order valence-electron chi connectivity index (χ2n) is 7.65. The second kappa shape index (κ2) is 8.52. The molecular formula is C20H34N2O2. The number of aryl methyl sites for hydroxylation is 2. The largest absolute Gasteiger partial charge is 0.444 e. The van der Waals surface area contributed by atoms with Crippen molar-refractivity contribution in [3.8, 4) is 0 Å². The lowest BCUT2D eigenvalue weighted by Crippen LogP contribution is -2.55. The number of ether oxygens (including phenoxy) is 1. The van der Waals surface area contributed by atoms with Gasteiger partial charge in [0.1, 0.15) is 5.60 Å². The van der Waals surface area contributed by atoms with Crippen LogP contribution < -0.4 is 10.6 Å². The molecule has 4 heteroatoms. The van der Waals surface area contributed by atoms with Crippen LogP contribution in [0.25, 0.3) is 0 Å². The molecule has 24 heavy (non-hydrogen) atoms. The molecule has 0 saturated heterocycles. The maximum absolute atomic E-state index is 12.2. The predicted molar refractivity (Wildman–Crippen MR) is 100 cm³/mol. The highest BCUT2D eigenvalue weighted by Crippen LogP contribution is 2.17. The van der Waals surface area contributed by atoms with Gasteiger partial charge in [0.25, 0.3) is 0 Å². The summed E-state index contributed by atoms with van der Waals surface area (Å²) in [6.07, 6.45) is 1.35. The first-order valence-electron chi connectivity index (χ1n) is 8.89. The first-order valence-corrected chi connectivity index (χ1v) is 8.89. The molecule has 0 aliphatic carbocycles. The third-order valence-corrected chi connectivity index (χ3v) is 4.40. The summed E-state index contributed by atoms with van der Waals surface area (Å²) < 4.78 is 5.42. The number of alkyl carbamates (subject to hydrolysis) is 1. The zero-order chi connectivity index (χ0) is 18.4. The van der Waals surface area contributed by atoms with Crippen LogP contribution in [0.1, 0.15) is 64.2 Å². The Kier molecular flexibility index (Phi) is 7.27. The third-order valence-electron chi connectivity index (χ3n) is 4.40. The van der Waals surface area contributed by atoms with Gasteiger partial charge in [0.2, 0.25) is 0 Å². The van der Waals surface area contributed by atoms with Crippen LogP contribution in [0, 0.1) is 13.8 Å². The molecule has 0 spiro atoms. The van der Waals surface area contributed by atoms with Gasteiger partial charge < -0.3 is 15.4 Å². The van der Waals surface area contributed by atoms with Crippen molar-refractivity contribution in [3.05, 3.63) is 34.9 Å². The van der Waals surface area contributed by atoms with E-state index in [0.29, 0.717) is 6.54 Å². The van der Waals surface area contributed by atoms with Gasteiger partial charge in [-0.05, 0) is 58.6 Å². The summed E-state index contributed by atoms with van der Waals surface area (Å²) in [6, 6.07) is 6.49. The molecule has 1 amide bonds. The van der Waals surface area contributed by atoms with Crippen LogP contribution in [-0.4, -0.2) is 23.8 Å². The van der Waals surface area contributed by atoms with Gasteiger partial charge in [0.05, 0.1) is 5.54 Å². The fraction of sp³-hybridized carbons (Fsp3) is 0.650. The molecule has 1 aromatic carbocycles. The SMILES string of the molecule is CCC(CC)(CNCc1cc(C)ccc1C)NC(=O)OC(C)(C)C. The predicted octanol–water partition coefficient (Wildman–Crippen LogP) is 4.48. The summed E-state index contributed by atoms with van der Waals surface area (Å²) in [5.74, 6) is 0. The van der Waals surface area contributed by atoms with E-state index >= 15 is 0 Å². The first kappa shape index (κ1) is 20.5. The molecule has 0 atom stereocenters. The maximum atomic E-state index is 12.2. The number of amides is 1. The summed E-state index contributed by atoms with van der Waals surface area (Å²) in [6.45, 7) is 15.6. The molecule has 0 unspecified atom stereocenters. The summed E-state index contributed by atoms with van der Waals surface area (Å²) in [4.78, 5) is 12.2. The van der Waals surface area contributed by atoms with Crippen molar-refractivity contribution in [2.45, 2.75) is 79.0 Å². The fourth-order valence-electron chi connectivity index (χ4n) is 2.67. The van der Waals surface area contributed by atoms with Crippen molar-refractivity contribution in [2.75, 3.05) is 6.54 Å². The minimum atomic E-state index is -0.483. The number of carbonyl (C=O) groups is 1. The molecule has 0 aliphatic rings. The highest BCUT2D eigenvalue weighted by atomic mass is 16.6. The number of rotatable bonds is 7. The van der Waals surface area contributed by atoms with Crippen molar-refractivity contribution < 1.29 is 9.53 Å². The zero-order valence-electron chi connectivity index (χ0n) is 16.4. The van der Waals surface area contributed by atoms with Crippen molar-refractivity contribution >= 4 is 6.09 Å². The van der Waals surface area contributed by atoms with Crippen molar-refractivity contribution in [1.29, 1.82) is 0 Å². The van der Waals surface area contributed by atoms with Gasteiger partial charge in [0, 0.05) is 13.1 Å². The van der Waals surface area contributed by atoms with Gasteiger partial charge in [-0.15, -0.1) is 0 Å². The average Bonchev–Trinajstić information content (AvgIpc) is 2.47. The van der Waals surface area contributed by atoms with Gasteiger partial charge in [-0.1, -0.05) is 37.6 Å². The Morgan fingerprint density at radius 3 is 2.29 bits per heavy atom. The Morgan fingerprint density at radius 2 is 1.75 bits per heavy atom. The van der Waals surface area contributed by atoms with Crippen LogP contribution in [0.15, 0.2) is 18.2 Å². The van der Waals surface area contributed by atoms with E-state index in [1.54, 1.807) is 0 Å². The van der Waals surface area contributed by atoms with Gasteiger partial charge in [-0.25, -0.2) is 4.79 Å². The number of hydrogen-bond acceptors (Lipinski definition) is 3. The van der Waals surface area contributed by atoms with Gasteiger partial charge >= 0.3 is 6.09 Å². The number of hydrogen-bond donors (Lipinski definition) is 2. The molecule has 2 N–H and O–H groups in total. The molecule has 1 rings (SSSR count). The van der Waals surface area contributed by atoms with Crippen molar-refractivity contribution in [1.82, 2.24) is 10.6 Å². The first-order chi connectivity index (χ1) is 11.1. The lowest BCUT2D eigenvalue weighted by Gasteiger charge is -2.34. The van der Waals surface area contributed by atoms with Crippen molar-refractivity contribution in [2.24, 2.45) is 0 Å². The van der Waals surface area contributed by atoms with Crippen molar-refractivity contribution in [3.63, 3.8) is 0 Å². The van der Waals surface area contributed by atoms with E-state index in [0.717, 1.165) is 19.4 Å². The summed E-state index contributed by atoms with van der Waals surface area (Å²) in [5, 5.41) is 6.59. The summed E-state index contributed by atoms with van der Waals surface area (Å²) >= 11 is 0. The lowest BCUT2D eigenvalue weighted by molar-refractivity contribution is 0.0446. The molecule has 0 radical (unpaired) electrons. The number of carbonyl (C=O) groups excluding carboxylic acids is 1. The van der Waals surface area contributed by atoms with Crippen LogP contribution in [0.3, 0.4) is 0 Å². The van der Waals surface area contributed by atoms with E-state index in [1.807, 2.05) is 20.8 Å². The molecule has 0 fully saturated rings. The highest BCUT2D eigenvalue weighted by Gasteiger charge is 2.30. The Hall–Kier alpha value is -1.55. The van der Waals surface area contributed by atoms with Gasteiger partial charge in [-0.3, -0.25) is 0 Å². The van der Waals surface area contributed by atoms with E-state index in [2.05, 4.69) is 56.5 Å². The molecule has 0 aromatic heterocycles. The molecule has 0 bridgehead atoms. The van der Waals surface area contributed by atoms with E-state index in [1.165, 1.54) is 16.7 Å². The Bertz CT molecular complexity index is 543. The van der Waals surface area contributed by atoms with Crippen LogP contribution in [0.5, 0.6) is 0 Å². The minimum Gasteiger partial charge on any atom is -0.444 e. The van der Waals surface area contributed by atoms with Crippen LogP contribution in [-0.2, 0) is 11.3 Å². The Labute approximate surface area is 147 Å². The molecule has 0 heterocycles. The quantitative estimate of drug-likeness (QED) is 0.773. The number of nitrogens with one attached hydrogen (secondary N) is 2. The van der Waals surface area contributed by atoms with Gasteiger partial charge in [0.15, 0.2) is 0 Å². The summed E-state index contributed by atoms with van der Waals surface area (Å²) in [5.41, 5.74) is 3.07. The van der Waals surface area contributed by atoms with Gasteiger partial charge in [-0.2, -0.15) is 0 Å². The van der Waals surface area contributed by atoms with E-state index in [4.69, 9.17) is 4.74 Å². The molecule has 0 saturated carbocycles. The fourth-order valence-corrected chi connectivity index (χ4v) is 2.67. The van der Waals surface area contributed by atoms with Crippen LogP contribution in [0.4, 0.5) is 4.79 Å². The van der Waals surface area contributed by atoms with E-state index in [9.17, 15) is 4.79 Å². The zero-order valence-corrected chi connectivity index (χ0v) is 16.4. The minimum absolute atomic E-state index is 0.292. The summed E-state index contributed by atoms with van der Waals surface area (Å²) in [7, 11) is 0.